The fraction of sp³-hybridized carbons (Fsp3) is 0.333. The minimum Gasteiger partial charge on any atom is -0.467 e. The van der Waals surface area contributed by atoms with Crippen molar-refractivity contribution in [3.63, 3.8) is 0 Å². The van der Waals surface area contributed by atoms with Crippen molar-refractivity contribution in [1.82, 2.24) is 4.98 Å². The van der Waals surface area contributed by atoms with Crippen molar-refractivity contribution in [1.29, 1.82) is 0 Å². The quantitative estimate of drug-likeness (QED) is 0.648. The summed E-state index contributed by atoms with van der Waals surface area (Å²) in [7, 11) is 1.24. The van der Waals surface area contributed by atoms with E-state index >= 15 is 0 Å². The van der Waals surface area contributed by atoms with E-state index in [1.807, 2.05) is 0 Å². The lowest BCUT2D eigenvalue weighted by atomic mass is 10.2. The van der Waals surface area contributed by atoms with Crippen molar-refractivity contribution < 1.29 is 14.6 Å². The Bertz CT molecular complexity index is 330. The minimum atomic E-state index is -1.15. The summed E-state index contributed by atoms with van der Waals surface area (Å²) >= 11 is 3.20. The lowest BCUT2D eigenvalue weighted by Crippen LogP contribution is -2.24. The van der Waals surface area contributed by atoms with E-state index in [-0.39, 0.29) is 6.42 Å². The van der Waals surface area contributed by atoms with Crippen molar-refractivity contribution in [2.45, 2.75) is 12.5 Å². The largest absolute Gasteiger partial charge is 0.467 e. The predicted molar refractivity (Wildman–Crippen MR) is 53.7 cm³/mol. The summed E-state index contributed by atoms with van der Waals surface area (Å²) in [5.74, 6) is -0.647. The van der Waals surface area contributed by atoms with E-state index in [9.17, 15) is 9.90 Å². The average Bonchev–Trinajstić information content (AvgIpc) is 2.16. The van der Waals surface area contributed by atoms with Crippen LogP contribution in [0.15, 0.2) is 22.8 Å². The molecule has 0 radical (unpaired) electrons. The molecule has 0 spiro atoms. The summed E-state index contributed by atoms with van der Waals surface area (Å²) in [5.41, 5.74) is 0.636. The first kappa shape index (κ1) is 11.1. The molecule has 0 saturated heterocycles. The van der Waals surface area contributed by atoms with Crippen molar-refractivity contribution in [2.75, 3.05) is 7.11 Å². The normalized spacial score (nSPS) is 12.2. The summed E-state index contributed by atoms with van der Waals surface area (Å²) in [6.45, 7) is 0. The Morgan fingerprint density at radius 3 is 3.00 bits per heavy atom. The van der Waals surface area contributed by atoms with Crippen LogP contribution in [0.2, 0.25) is 0 Å². The second kappa shape index (κ2) is 5.07. The number of aromatic nitrogens is 1. The number of aliphatic hydroxyl groups excluding tert-OH is 1. The first-order valence-electron chi connectivity index (χ1n) is 4.01. The van der Waals surface area contributed by atoms with Gasteiger partial charge in [0.25, 0.3) is 0 Å². The fourth-order valence-corrected chi connectivity index (χ4v) is 1.36. The molecular weight excluding hydrogens is 250 g/mol. The van der Waals surface area contributed by atoms with Crippen molar-refractivity contribution in [3.8, 4) is 0 Å². The Morgan fingerprint density at radius 2 is 2.43 bits per heavy atom. The molecule has 0 aromatic carbocycles. The van der Waals surface area contributed by atoms with E-state index in [0.717, 1.165) is 0 Å². The van der Waals surface area contributed by atoms with Gasteiger partial charge in [-0.3, -0.25) is 0 Å². The third-order valence-corrected chi connectivity index (χ3v) is 2.09. The second-order valence-electron chi connectivity index (χ2n) is 2.69. The number of esters is 1. The highest BCUT2D eigenvalue weighted by Crippen LogP contribution is 2.08. The van der Waals surface area contributed by atoms with Gasteiger partial charge < -0.3 is 9.84 Å². The van der Waals surface area contributed by atoms with E-state index in [2.05, 4.69) is 25.7 Å². The molecule has 0 fully saturated rings. The van der Waals surface area contributed by atoms with Gasteiger partial charge in [0.2, 0.25) is 0 Å². The van der Waals surface area contributed by atoms with Crippen LogP contribution in [0.25, 0.3) is 0 Å². The Hall–Kier alpha value is -0.940. The maximum absolute atomic E-state index is 10.9. The van der Waals surface area contributed by atoms with E-state index in [1.165, 1.54) is 7.11 Å². The van der Waals surface area contributed by atoms with E-state index in [0.29, 0.717) is 10.3 Å². The fourth-order valence-electron chi connectivity index (χ4n) is 0.981. The SMILES string of the molecule is COC(=O)C(O)Cc1cccc(Br)n1. The van der Waals surface area contributed by atoms with Gasteiger partial charge in [0, 0.05) is 12.1 Å². The van der Waals surface area contributed by atoms with Crippen LogP contribution in [0.1, 0.15) is 5.69 Å². The molecule has 0 amide bonds. The first-order valence-corrected chi connectivity index (χ1v) is 4.80. The third-order valence-electron chi connectivity index (χ3n) is 1.65. The van der Waals surface area contributed by atoms with Crippen molar-refractivity contribution in [2.24, 2.45) is 0 Å². The van der Waals surface area contributed by atoms with Gasteiger partial charge in [-0.25, -0.2) is 9.78 Å². The lowest BCUT2D eigenvalue weighted by Gasteiger charge is -2.07. The summed E-state index contributed by atoms with van der Waals surface area (Å²) < 4.78 is 5.06. The van der Waals surface area contributed by atoms with E-state index in [1.54, 1.807) is 18.2 Å². The molecular formula is C9H10BrNO3. The molecule has 1 aromatic rings. The highest BCUT2D eigenvalue weighted by Gasteiger charge is 2.16. The molecule has 1 atom stereocenters. The Morgan fingerprint density at radius 1 is 1.71 bits per heavy atom. The third kappa shape index (κ3) is 3.08. The molecule has 1 aromatic heterocycles. The zero-order valence-corrected chi connectivity index (χ0v) is 9.19. The molecule has 0 aliphatic heterocycles. The molecule has 1 N–H and O–H groups in total. The Kier molecular flexibility index (Phi) is 4.03. The highest BCUT2D eigenvalue weighted by molar-refractivity contribution is 9.10. The molecule has 1 unspecified atom stereocenters. The molecule has 14 heavy (non-hydrogen) atoms. The van der Waals surface area contributed by atoms with Gasteiger partial charge in [-0.05, 0) is 28.1 Å². The standard InChI is InChI=1S/C9H10BrNO3/c1-14-9(13)7(12)5-6-3-2-4-8(10)11-6/h2-4,7,12H,5H2,1H3. The number of carbonyl (C=O) groups is 1. The maximum Gasteiger partial charge on any atom is 0.335 e. The van der Waals surface area contributed by atoms with Crippen LogP contribution in [-0.4, -0.2) is 29.3 Å². The van der Waals surface area contributed by atoms with Gasteiger partial charge in [0.05, 0.1) is 7.11 Å². The van der Waals surface area contributed by atoms with Gasteiger partial charge in [-0.15, -0.1) is 0 Å². The number of pyridine rings is 1. The molecule has 0 aliphatic rings. The van der Waals surface area contributed by atoms with Crippen molar-refractivity contribution >= 4 is 21.9 Å². The maximum atomic E-state index is 10.9. The number of hydrogen-bond donors (Lipinski definition) is 1. The van der Waals surface area contributed by atoms with Crippen LogP contribution in [-0.2, 0) is 16.0 Å². The van der Waals surface area contributed by atoms with Crippen molar-refractivity contribution in [3.05, 3.63) is 28.5 Å². The summed E-state index contributed by atoms with van der Waals surface area (Å²) in [4.78, 5) is 15.0. The zero-order valence-electron chi connectivity index (χ0n) is 7.61. The van der Waals surface area contributed by atoms with Crippen LogP contribution in [0.3, 0.4) is 0 Å². The second-order valence-corrected chi connectivity index (χ2v) is 3.51. The molecule has 1 rings (SSSR count). The van der Waals surface area contributed by atoms with Crippen LogP contribution < -0.4 is 0 Å². The molecule has 1 heterocycles. The van der Waals surface area contributed by atoms with Gasteiger partial charge in [0.15, 0.2) is 6.10 Å². The first-order chi connectivity index (χ1) is 6.63. The molecule has 76 valence electrons. The molecule has 5 heteroatoms. The van der Waals surface area contributed by atoms with Crippen LogP contribution in [0.5, 0.6) is 0 Å². The predicted octanol–water partition coefficient (Wildman–Crippen LogP) is 0.921. The lowest BCUT2D eigenvalue weighted by molar-refractivity contribution is -0.150. The number of aliphatic hydroxyl groups is 1. The van der Waals surface area contributed by atoms with Crippen LogP contribution >= 0.6 is 15.9 Å². The Labute approximate surface area is 90.0 Å². The number of carbonyl (C=O) groups excluding carboxylic acids is 1. The highest BCUT2D eigenvalue weighted by atomic mass is 79.9. The molecule has 0 saturated carbocycles. The topological polar surface area (TPSA) is 59.4 Å². The van der Waals surface area contributed by atoms with Crippen LogP contribution in [0.4, 0.5) is 0 Å². The van der Waals surface area contributed by atoms with Gasteiger partial charge in [0.1, 0.15) is 4.60 Å². The van der Waals surface area contributed by atoms with Crippen LogP contribution in [0, 0.1) is 0 Å². The monoisotopic (exact) mass is 259 g/mol. The smallest absolute Gasteiger partial charge is 0.335 e. The number of hydrogen-bond acceptors (Lipinski definition) is 4. The average molecular weight is 260 g/mol. The zero-order chi connectivity index (χ0) is 10.6. The number of halogens is 1. The Balaban J connectivity index is 2.64. The number of nitrogens with zero attached hydrogens (tertiary/aromatic N) is 1. The summed E-state index contributed by atoms with van der Waals surface area (Å²) in [6.07, 6.45) is -0.992. The number of ether oxygens (including phenoxy) is 1. The summed E-state index contributed by atoms with van der Waals surface area (Å²) in [6, 6.07) is 5.29. The minimum absolute atomic E-state index is 0.159. The number of rotatable bonds is 3. The molecule has 4 nitrogen and oxygen atoms in total. The summed E-state index contributed by atoms with van der Waals surface area (Å²) in [5, 5.41) is 9.33. The van der Waals surface area contributed by atoms with Gasteiger partial charge in [-0.2, -0.15) is 0 Å². The van der Waals surface area contributed by atoms with E-state index in [4.69, 9.17) is 0 Å². The van der Waals surface area contributed by atoms with Gasteiger partial charge in [-0.1, -0.05) is 6.07 Å². The van der Waals surface area contributed by atoms with E-state index < -0.39 is 12.1 Å². The molecule has 0 bridgehead atoms. The van der Waals surface area contributed by atoms with Gasteiger partial charge >= 0.3 is 5.97 Å². The molecule has 0 aliphatic carbocycles. The number of methoxy groups -OCH3 is 1.